The Morgan fingerprint density at radius 3 is 2.57 bits per heavy atom. The summed E-state index contributed by atoms with van der Waals surface area (Å²) in [5.41, 5.74) is 7.70. The van der Waals surface area contributed by atoms with Gasteiger partial charge in [-0.3, -0.25) is 0 Å². The number of hydrogen-bond acceptors (Lipinski definition) is 5. The highest BCUT2D eigenvalue weighted by atomic mass is 19.1. The Kier molecular flexibility index (Phi) is 3.27. The lowest BCUT2D eigenvalue weighted by Crippen LogP contribution is -1.92. The number of halogens is 1. The highest BCUT2D eigenvalue weighted by molar-refractivity contribution is 5.73. The molecule has 3 aromatic rings. The monoisotopic (exact) mass is 285 g/mol. The Hall–Kier alpha value is -2.89. The van der Waals surface area contributed by atoms with Gasteiger partial charge in [0.2, 0.25) is 5.82 Å². The van der Waals surface area contributed by atoms with Crippen molar-refractivity contribution in [1.29, 1.82) is 0 Å². The summed E-state index contributed by atoms with van der Waals surface area (Å²) < 4.78 is 23.2. The van der Waals surface area contributed by atoms with Gasteiger partial charge in [0.1, 0.15) is 11.6 Å². The van der Waals surface area contributed by atoms with Gasteiger partial charge in [0, 0.05) is 17.3 Å². The van der Waals surface area contributed by atoms with E-state index < -0.39 is 0 Å². The van der Waals surface area contributed by atoms with E-state index in [-0.39, 0.29) is 5.82 Å². The predicted molar refractivity (Wildman–Crippen MR) is 76.1 cm³/mol. The maximum Gasteiger partial charge on any atom is 0.260 e. The van der Waals surface area contributed by atoms with Crippen LogP contribution in [0.1, 0.15) is 0 Å². The third kappa shape index (κ3) is 2.55. The molecule has 5 nitrogen and oxygen atoms in total. The molecule has 106 valence electrons. The molecule has 0 saturated heterocycles. The van der Waals surface area contributed by atoms with Gasteiger partial charge in [-0.15, -0.1) is 0 Å². The molecule has 0 aliphatic carbocycles. The van der Waals surface area contributed by atoms with Crippen LogP contribution in [0, 0.1) is 5.82 Å². The van der Waals surface area contributed by atoms with Gasteiger partial charge in [-0.05, 0) is 36.4 Å². The van der Waals surface area contributed by atoms with Gasteiger partial charge in [0.15, 0.2) is 0 Å². The molecule has 2 N–H and O–H groups in total. The van der Waals surface area contributed by atoms with Gasteiger partial charge < -0.3 is 15.0 Å². The summed E-state index contributed by atoms with van der Waals surface area (Å²) in [6.45, 7) is 0. The van der Waals surface area contributed by atoms with Crippen LogP contribution in [0.5, 0.6) is 5.75 Å². The van der Waals surface area contributed by atoms with Crippen molar-refractivity contribution in [1.82, 2.24) is 10.1 Å². The molecule has 0 aliphatic rings. The normalized spacial score (nSPS) is 10.6. The number of nitrogens with zero attached hydrogens (tertiary/aromatic N) is 2. The Labute approximate surface area is 120 Å². The molecule has 0 unspecified atom stereocenters. The van der Waals surface area contributed by atoms with Gasteiger partial charge in [-0.1, -0.05) is 5.16 Å². The lowest BCUT2D eigenvalue weighted by Gasteiger charge is -2.03. The summed E-state index contributed by atoms with van der Waals surface area (Å²) >= 11 is 0. The second kappa shape index (κ2) is 5.24. The van der Waals surface area contributed by atoms with Gasteiger partial charge in [0.05, 0.1) is 12.7 Å². The molecular weight excluding hydrogens is 273 g/mol. The first-order valence-corrected chi connectivity index (χ1v) is 6.21. The van der Waals surface area contributed by atoms with Crippen molar-refractivity contribution in [3.63, 3.8) is 0 Å². The zero-order valence-corrected chi connectivity index (χ0v) is 11.2. The minimum atomic E-state index is -0.318. The van der Waals surface area contributed by atoms with Crippen LogP contribution in [0.4, 0.5) is 10.1 Å². The van der Waals surface area contributed by atoms with Crippen molar-refractivity contribution in [2.75, 3.05) is 12.8 Å². The summed E-state index contributed by atoms with van der Waals surface area (Å²) in [6.07, 6.45) is 0. The summed E-state index contributed by atoms with van der Waals surface area (Å²) in [7, 11) is 1.56. The third-order valence-corrected chi connectivity index (χ3v) is 3.02. The fraction of sp³-hybridized carbons (Fsp3) is 0.0667. The van der Waals surface area contributed by atoms with Crippen LogP contribution in [0.3, 0.4) is 0 Å². The van der Waals surface area contributed by atoms with Gasteiger partial charge in [-0.2, -0.15) is 4.98 Å². The summed E-state index contributed by atoms with van der Waals surface area (Å²) in [6, 6.07) is 11.0. The first-order chi connectivity index (χ1) is 10.2. The molecule has 2 aromatic carbocycles. The smallest absolute Gasteiger partial charge is 0.260 e. The minimum Gasteiger partial charge on any atom is -0.497 e. The second-order valence-corrected chi connectivity index (χ2v) is 4.38. The first kappa shape index (κ1) is 13.1. The molecule has 1 heterocycles. The lowest BCUT2D eigenvalue weighted by molar-refractivity contribution is 0.414. The largest absolute Gasteiger partial charge is 0.497 e. The molecule has 6 heteroatoms. The molecule has 0 atom stereocenters. The van der Waals surface area contributed by atoms with Crippen LogP contribution in [0.2, 0.25) is 0 Å². The number of methoxy groups -OCH3 is 1. The van der Waals surface area contributed by atoms with E-state index in [4.69, 9.17) is 15.0 Å². The number of ether oxygens (including phenoxy) is 1. The average molecular weight is 285 g/mol. The van der Waals surface area contributed by atoms with Crippen molar-refractivity contribution in [2.45, 2.75) is 0 Å². The van der Waals surface area contributed by atoms with Crippen LogP contribution in [0.15, 0.2) is 47.0 Å². The molecule has 1 aromatic heterocycles. The minimum absolute atomic E-state index is 0.300. The number of nitrogens with two attached hydrogens (primary N) is 1. The quantitative estimate of drug-likeness (QED) is 0.748. The number of hydrogen-bond donors (Lipinski definition) is 1. The molecule has 0 spiro atoms. The zero-order chi connectivity index (χ0) is 14.8. The standard InChI is InChI=1S/C15H12FN3O2/c1-20-11-6-7-12(13(17)8-11)15-18-14(19-21-15)9-2-4-10(16)5-3-9/h2-8H,17H2,1H3. The predicted octanol–water partition coefficient (Wildman–Crippen LogP) is 3.13. The topological polar surface area (TPSA) is 74.2 Å². The number of rotatable bonds is 3. The van der Waals surface area contributed by atoms with Crippen LogP contribution in [0.25, 0.3) is 22.8 Å². The van der Waals surface area contributed by atoms with Crippen molar-refractivity contribution in [3.05, 3.63) is 48.3 Å². The lowest BCUT2D eigenvalue weighted by atomic mass is 10.1. The Balaban J connectivity index is 1.96. The molecule has 0 aliphatic heterocycles. The molecule has 0 fully saturated rings. The summed E-state index contributed by atoms with van der Waals surface area (Å²) in [4.78, 5) is 4.28. The van der Waals surface area contributed by atoms with E-state index in [2.05, 4.69) is 10.1 Å². The molecule has 0 bridgehead atoms. The average Bonchev–Trinajstić information content (AvgIpc) is 2.97. The zero-order valence-electron chi connectivity index (χ0n) is 11.2. The Morgan fingerprint density at radius 1 is 1.14 bits per heavy atom. The fourth-order valence-electron chi connectivity index (χ4n) is 1.91. The van der Waals surface area contributed by atoms with Crippen molar-refractivity contribution in [2.24, 2.45) is 0 Å². The number of aromatic nitrogens is 2. The third-order valence-electron chi connectivity index (χ3n) is 3.02. The van der Waals surface area contributed by atoms with E-state index in [1.165, 1.54) is 12.1 Å². The van der Waals surface area contributed by atoms with E-state index in [1.54, 1.807) is 37.4 Å². The van der Waals surface area contributed by atoms with Crippen LogP contribution < -0.4 is 10.5 Å². The maximum atomic E-state index is 12.9. The van der Waals surface area contributed by atoms with E-state index >= 15 is 0 Å². The fourth-order valence-corrected chi connectivity index (χ4v) is 1.91. The van der Waals surface area contributed by atoms with Gasteiger partial charge in [-0.25, -0.2) is 4.39 Å². The van der Waals surface area contributed by atoms with Crippen LogP contribution in [-0.4, -0.2) is 17.3 Å². The van der Waals surface area contributed by atoms with Crippen molar-refractivity contribution >= 4 is 5.69 Å². The molecule has 21 heavy (non-hydrogen) atoms. The highest BCUT2D eigenvalue weighted by Crippen LogP contribution is 2.29. The van der Waals surface area contributed by atoms with E-state index in [0.717, 1.165) is 0 Å². The molecule has 0 saturated carbocycles. The van der Waals surface area contributed by atoms with E-state index in [0.29, 0.717) is 34.3 Å². The SMILES string of the molecule is COc1ccc(-c2nc(-c3ccc(F)cc3)no2)c(N)c1. The molecule has 0 amide bonds. The highest BCUT2D eigenvalue weighted by Gasteiger charge is 2.13. The maximum absolute atomic E-state index is 12.9. The Morgan fingerprint density at radius 2 is 1.90 bits per heavy atom. The van der Waals surface area contributed by atoms with Crippen LogP contribution in [-0.2, 0) is 0 Å². The molecule has 0 radical (unpaired) electrons. The van der Waals surface area contributed by atoms with E-state index in [9.17, 15) is 4.39 Å². The van der Waals surface area contributed by atoms with Crippen molar-refractivity contribution in [3.8, 4) is 28.6 Å². The number of nitrogen functional groups attached to an aromatic ring is 1. The first-order valence-electron chi connectivity index (χ1n) is 6.21. The Bertz CT molecular complexity index is 769. The number of anilines is 1. The summed E-state index contributed by atoms with van der Waals surface area (Å²) in [5.74, 6) is 1.01. The van der Waals surface area contributed by atoms with Crippen LogP contribution >= 0.6 is 0 Å². The number of benzene rings is 2. The second-order valence-electron chi connectivity index (χ2n) is 4.38. The van der Waals surface area contributed by atoms with Gasteiger partial charge in [0.25, 0.3) is 5.89 Å². The van der Waals surface area contributed by atoms with Gasteiger partial charge >= 0.3 is 0 Å². The van der Waals surface area contributed by atoms with Crippen molar-refractivity contribution < 1.29 is 13.7 Å². The van der Waals surface area contributed by atoms with E-state index in [1.807, 2.05) is 0 Å². The summed E-state index contributed by atoms with van der Waals surface area (Å²) in [5, 5.41) is 3.88. The molecular formula is C15H12FN3O2. The molecule has 3 rings (SSSR count).